The van der Waals surface area contributed by atoms with Gasteiger partial charge in [-0.1, -0.05) is 15.9 Å². The van der Waals surface area contributed by atoms with Crippen LogP contribution in [0.3, 0.4) is 0 Å². The number of nitrogens with one attached hydrogen (secondary N) is 1. The zero-order chi connectivity index (χ0) is 12.5. The van der Waals surface area contributed by atoms with Crippen LogP contribution in [0.5, 0.6) is 0 Å². The Labute approximate surface area is 112 Å². The number of methoxy groups -OCH3 is 1. The number of halogens is 1. The molecule has 17 heavy (non-hydrogen) atoms. The van der Waals surface area contributed by atoms with E-state index in [0.717, 1.165) is 44.0 Å². The van der Waals surface area contributed by atoms with Crippen LogP contribution in [-0.2, 0) is 9.47 Å². The Hall–Kier alpha value is -0.290. The third-order valence-corrected chi connectivity index (χ3v) is 3.62. The summed E-state index contributed by atoms with van der Waals surface area (Å²) in [6, 6.07) is 0.254. The van der Waals surface area contributed by atoms with Crippen molar-refractivity contribution in [1.29, 1.82) is 0 Å². The van der Waals surface area contributed by atoms with E-state index in [1.165, 1.54) is 13.5 Å². The number of hydrogen-bond donors (Lipinski definition) is 1. The van der Waals surface area contributed by atoms with Crippen LogP contribution >= 0.6 is 15.9 Å². The molecule has 1 aliphatic rings. The number of ether oxygens (including phenoxy) is 2. The Balaban J connectivity index is 2.07. The van der Waals surface area contributed by atoms with E-state index in [0.29, 0.717) is 6.10 Å². The van der Waals surface area contributed by atoms with Gasteiger partial charge in [-0.05, 0) is 38.5 Å². The monoisotopic (exact) mass is 307 g/mol. The summed E-state index contributed by atoms with van der Waals surface area (Å²) < 4.78 is 10.4. The van der Waals surface area contributed by atoms with E-state index in [-0.39, 0.29) is 12.1 Å². The van der Waals surface area contributed by atoms with E-state index >= 15 is 0 Å². The van der Waals surface area contributed by atoms with Gasteiger partial charge in [0.25, 0.3) is 0 Å². The molecule has 4 nitrogen and oxygen atoms in total. The summed E-state index contributed by atoms with van der Waals surface area (Å²) in [6.07, 6.45) is 6.36. The van der Waals surface area contributed by atoms with Gasteiger partial charge in [0.1, 0.15) is 0 Å². The van der Waals surface area contributed by atoms with Crippen molar-refractivity contribution in [3.05, 3.63) is 0 Å². The quantitative estimate of drug-likeness (QED) is 0.606. The summed E-state index contributed by atoms with van der Waals surface area (Å²) in [6.45, 7) is 0.853. The number of alkyl carbamates (subject to hydrolysis) is 1. The van der Waals surface area contributed by atoms with Gasteiger partial charge < -0.3 is 14.8 Å². The van der Waals surface area contributed by atoms with Crippen molar-refractivity contribution < 1.29 is 14.3 Å². The molecule has 0 unspecified atom stereocenters. The van der Waals surface area contributed by atoms with Crippen molar-refractivity contribution in [2.45, 2.75) is 50.7 Å². The van der Waals surface area contributed by atoms with E-state index in [2.05, 4.69) is 26.0 Å². The standard InChI is InChI=1S/C12H22BrNO3/c1-16-12(15)14-10-4-6-11(7-5-10)17-9-3-2-8-13/h10-11H,2-9H2,1H3,(H,14,15). The van der Waals surface area contributed by atoms with Crippen molar-refractivity contribution in [2.75, 3.05) is 19.0 Å². The lowest BCUT2D eigenvalue weighted by molar-refractivity contribution is 0.0211. The molecule has 0 radical (unpaired) electrons. The Morgan fingerprint density at radius 3 is 2.59 bits per heavy atom. The van der Waals surface area contributed by atoms with Crippen LogP contribution < -0.4 is 5.32 Å². The highest BCUT2D eigenvalue weighted by Crippen LogP contribution is 2.21. The number of carbonyl (C=O) groups excluding carboxylic acids is 1. The number of amides is 1. The molecule has 1 aliphatic carbocycles. The topological polar surface area (TPSA) is 47.6 Å². The Morgan fingerprint density at radius 2 is 2.00 bits per heavy atom. The molecule has 0 heterocycles. The fourth-order valence-corrected chi connectivity index (χ4v) is 2.44. The van der Waals surface area contributed by atoms with Gasteiger partial charge in [-0.2, -0.15) is 0 Å². The van der Waals surface area contributed by atoms with Gasteiger partial charge in [0.15, 0.2) is 0 Å². The lowest BCUT2D eigenvalue weighted by Gasteiger charge is -2.28. The van der Waals surface area contributed by atoms with Gasteiger partial charge in [-0.3, -0.25) is 0 Å². The minimum Gasteiger partial charge on any atom is -0.453 e. The summed E-state index contributed by atoms with van der Waals surface area (Å²) in [5.41, 5.74) is 0. The smallest absolute Gasteiger partial charge is 0.407 e. The maximum absolute atomic E-state index is 11.0. The average Bonchev–Trinajstić information content (AvgIpc) is 2.36. The van der Waals surface area contributed by atoms with Crippen LogP contribution in [-0.4, -0.2) is 37.3 Å². The normalized spacial score (nSPS) is 24.4. The van der Waals surface area contributed by atoms with E-state index in [4.69, 9.17) is 4.74 Å². The maximum Gasteiger partial charge on any atom is 0.407 e. The van der Waals surface area contributed by atoms with Crippen molar-refractivity contribution in [2.24, 2.45) is 0 Å². The molecule has 0 bridgehead atoms. The van der Waals surface area contributed by atoms with E-state index in [1.54, 1.807) is 0 Å². The highest BCUT2D eigenvalue weighted by molar-refractivity contribution is 9.09. The molecule has 1 rings (SSSR count). The first-order valence-electron chi connectivity index (χ1n) is 6.28. The minimum atomic E-state index is -0.327. The van der Waals surface area contributed by atoms with Crippen LogP contribution in [0.1, 0.15) is 38.5 Å². The van der Waals surface area contributed by atoms with Crippen molar-refractivity contribution in [1.82, 2.24) is 5.32 Å². The first-order valence-corrected chi connectivity index (χ1v) is 7.40. The second kappa shape index (κ2) is 8.75. The molecule has 0 aromatic heterocycles. The molecule has 0 aromatic carbocycles. The van der Waals surface area contributed by atoms with Gasteiger partial charge in [0, 0.05) is 18.0 Å². The first kappa shape index (κ1) is 14.8. The SMILES string of the molecule is COC(=O)NC1CCC(OCCCCBr)CC1. The second-order valence-electron chi connectivity index (χ2n) is 4.38. The fraction of sp³-hybridized carbons (Fsp3) is 0.917. The molecular formula is C12H22BrNO3. The molecule has 0 atom stereocenters. The molecule has 0 aliphatic heterocycles. The molecular weight excluding hydrogens is 286 g/mol. The van der Waals surface area contributed by atoms with Gasteiger partial charge in [0.05, 0.1) is 13.2 Å². The molecule has 1 amide bonds. The molecule has 0 spiro atoms. The highest BCUT2D eigenvalue weighted by atomic mass is 79.9. The zero-order valence-corrected chi connectivity index (χ0v) is 12.0. The number of rotatable bonds is 6. The van der Waals surface area contributed by atoms with Crippen LogP contribution in [0.15, 0.2) is 0 Å². The molecule has 1 N–H and O–H groups in total. The third kappa shape index (κ3) is 6.27. The molecule has 100 valence electrons. The number of hydrogen-bond acceptors (Lipinski definition) is 3. The number of unbranched alkanes of at least 4 members (excludes halogenated alkanes) is 1. The van der Waals surface area contributed by atoms with Crippen molar-refractivity contribution in [3.8, 4) is 0 Å². The average molecular weight is 308 g/mol. The summed E-state index contributed by atoms with van der Waals surface area (Å²) in [4.78, 5) is 11.0. The van der Waals surface area contributed by atoms with Crippen LogP contribution in [0.25, 0.3) is 0 Å². The Morgan fingerprint density at radius 1 is 1.29 bits per heavy atom. The van der Waals surface area contributed by atoms with Crippen molar-refractivity contribution in [3.63, 3.8) is 0 Å². The lowest BCUT2D eigenvalue weighted by atomic mass is 9.93. The molecule has 1 saturated carbocycles. The molecule has 5 heteroatoms. The Bertz CT molecular complexity index is 218. The van der Waals surface area contributed by atoms with E-state index in [9.17, 15) is 4.79 Å². The van der Waals surface area contributed by atoms with Crippen molar-refractivity contribution >= 4 is 22.0 Å². The van der Waals surface area contributed by atoms with Gasteiger partial charge in [0.2, 0.25) is 0 Å². The predicted octanol–water partition coefficient (Wildman–Crippen LogP) is 2.85. The molecule has 1 fully saturated rings. The minimum absolute atomic E-state index is 0.254. The summed E-state index contributed by atoms with van der Waals surface area (Å²) in [5, 5.41) is 3.89. The van der Waals surface area contributed by atoms with Gasteiger partial charge >= 0.3 is 6.09 Å². The van der Waals surface area contributed by atoms with Crippen LogP contribution in [0, 0.1) is 0 Å². The van der Waals surface area contributed by atoms with Crippen LogP contribution in [0.4, 0.5) is 4.79 Å². The first-order chi connectivity index (χ1) is 8.26. The number of carbonyl (C=O) groups is 1. The van der Waals surface area contributed by atoms with Gasteiger partial charge in [-0.25, -0.2) is 4.79 Å². The Kier molecular flexibility index (Phi) is 7.60. The third-order valence-electron chi connectivity index (χ3n) is 3.06. The molecule has 0 saturated heterocycles. The lowest BCUT2D eigenvalue weighted by Crippen LogP contribution is -2.39. The van der Waals surface area contributed by atoms with Gasteiger partial charge in [-0.15, -0.1) is 0 Å². The predicted molar refractivity (Wildman–Crippen MR) is 70.6 cm³/mol. The fourth-order valence-electron chi connectivity index (χ4n) is 2.05. The highest BCUT2D eigenvalue weighted by Gasteiger charge is 2.22. The maximum atomic E-state index is 11.0. The van der Waals surface area contributed by atoms with Crippen LogP contribution in [0.2, 0.25) is 0 Å². The zero-order valence-electron chi connectivity index (χ0n) is 10.4. The number of alkyl halides is 1. The van der Waals surface area contributed by atoms with E-state index < -0.39 is 0 Å². The second-order valence-corrected chi connectivity index (χ2v) is 5.17. The summed E-state index contributed by atoms with van der Waals surface area (Å²) in [5.74, 6) is 0. The summed E-state index contributed by atoms with van der Waals surface area (Å²) >= 11 is 3.41. The summed E-state index contributed by atoms with van der Waals surface area (Å²) in [7, 11) is 1.40. The van der Waals surface area contributed by atoms with E-state index in [1.807, 2.05) is 0 Å². The largest absolute Gasteiger partial charge is 0.453 e. The molecule has 0 aromatic rings.